The van der Waals surface area contributed by atoms with Crippen LogP contribution in [0.1, 0.15) is 58.6 Å². The fourth-order valence-electron chi connectivity index (χ4n) is 3.79. The van der Waals surface area contributed by atoms with Gasteiger partial charge in [0, 0.05) is 30.1 Å². The number of aryl methyl sites for hydroxylation is 1. The highest BCUT2D eigenvalue weighted by molar-refractivity contribution is 7.92. The molecule has 1 unspecified atom stereocenters. The molecule has 1 N–H and O–H groups in total. The van der Waals surface area contributed by atoms with Gasteiger partial charge in [-0.2, -0.15) is 0 Å². The number of nitrogens with zero attached hydrogens (tertiary/aromatic N) is 2. The molecule has 2 aromatic carbocycles. The zero-order valence-electron chi connectivity index (χ0n) is 22.0. The lowest BCUT2D eigenvalue weighted by Crippen LogP contribution is -2.52. The van der Waals surface area contributed by atoms with Gasteiger partial charge in [0.2, 0.25) is 21.8 Å². The van der Waals surface area contributed by atoms with Crippen molar-refractivity contribution in [3.05, 3.63) is 64.7 Å². The number of amides is 2. The summed E-state index contributed by atoms with van der Waals surface area (Å²) in [6.45, 7) is 9.75. The van der Waals surface area contributed by atoms with Crippen LogP contribution >= 0.6 is 11.6 Å². The lowest BCUT2D eigenvalue weighted by atomic mass is 10.1. The van der Waals surface area contributed by atoms with Gasteiger partial charge in [0.25, 0.3) is 0 Å². The standard InChI is InChI=1S/C27H38ClN3O4S/c1-7-21-13-15-24(16-14-21)31(36(6,34)35)17-9-12-25(32)30(19-22-10-8-11-23(28)18-22)20(2)26(33)29-27(3,4)5/h8,10-11,13-16,18,20H,7,9,12,17,19H2,1-6H3,(H,29,33). The first-order valence-corrected chi connectivity index (χ1v) is 14.4. The molecule has 2 aromatic rings. The van der Waals surface area contributed by atoms with Crippen LogP contribution < -0.4 is 9.62 Å². The van der Waals surface area contributed by atoms with Crippen molar-refractivity contribution < 1.29 is 18.0 Å². The topological polar surface area (TPSA) is 86.8 Å². The van der Waals surface area contributed by atoms with Crippen molar-refractivity contribution in [1.82, 2.24) is 10.2 Å². The first-order chi connectivity index (χ1) is 16.7. The van der Waals surface area contributed by atoms with Crippen LogP contribution in [0.4, 0.5) is 5.69 Å². The van der Waals surface area contributed by atoms with E-state index in [-0.39, 0.29) is 31.3 Å². The fraction of sp³-hybridized carbons (Fsp3) is 0.481. The van der Waals surface area contributed by atoms with E-state index in [1.807, 2.05) is 45.9 Å². The maximum atomic E-state index is 13.3. The van der Waals surface area contributed by atoms with Gasteiger partial charge in [0.05, 0.1) is 11.9 Å². The number of nitrogens with one attached hydrogen (secondary N) is 1. The molecule has 0 bridgehead atoms. The number of carbonyl (C=O) groups excluding carboxylic acids is 2. The maximum Gasteiger partial charge on any atom is 0.242 e. The molecule has 0 aliphatic rings. The lowest BCUT2D eigenvalue weighted by molar-refractivity contribution is -0.141. The van der Waals surface area contributed by atoms with Crippen molar-refractivity contribution in [3.8, 4) is 0 Å². The van der Waals surface area contributed by atoms with Gasteiger partial charge in [-0.3, -0.25) is 13.9 Å². The summed E-state index contributed by atoms with van der Waals surface area (Å²) in [5.74, 6) is -0.493. The van der Waals surface area contributed by atoms with Gasteiger partial charge < -0.3 is 10.2 Å². The summed E-state index contributed by atoms with van der Waals surface area (Å²) in [6, 6.07) is 13.8. The Bertz CT molecular complexity index is 1140. The Morgan fingerprint density at radius 2 is 1.69 bits per heavy atom. The van der Waals surface area contributed by atoms with Crippen LogP contribution in [-0.2, 0) is 32.6 Å². The second kappa shape index (κ2) is 12.6. The van der Waals surface area contributed by atoms with Crippen LogP contribution in [0.15, 0.2) is 48.5 Å². The molecule has 0 aromatic heterocycles. The monoisotopic (exact) mass is 535 g/mol. The Hall–Kier alpha value is -2.58. The summed E-state index contributed by atoms with van der Waals surface area (Å²) < 4.78 is 26.2. The normalized spacial score (nSPS) is 12.6. The van der Waals surface area contributed by atoms with Crippen LogP contribution in [0.5, 0.6) is 0 Å². The molecule has 0 aliphatic carbocycles. The summed E-state index contributed by atoms with van der Waals surface area (Å²) in [7, 11) is -3.53. The quantitative estimate of drug-likeness (QED) is 0.448. The summed E-state index contributed by atoms with van der Waals surface area (Å²) in [5, 5.41) is 3.48. The molecular formula is C27H38ClN3O4S. The zero-order chi connectivity index (χ0) is 27.1. The van der Waals surface area contributed by atoms with Gasteiger partial charge in [0.1, 0.15) is 6.04 Å². The highest BCUT2D eigenvalue weighted by Gasteiger charge is 2.28. The molecular weight excluding hydrogens is 498 g/mol. The predicted molar refractivity (Wildman–Crippen MR) is 147 cm³/mol. The average Bonchev–Trinajstić information content (AvgIpc) is 2.78. The largest absolute Gasteiger partial charge is 0.350 e. The molecule has 9 heteroatoms. The van der Waals surface area contributed by atoms with Gasteiger partial charge in [-0.15, -0.1) is 0 Å². The van der Waals surface area contributed by atoms with Gasteiger partial charge in [0.15, 0.2) is 0 Å². The Morgan fingerprint density at radius 1 is 1.06 bits per heavy atom. The number of halogens is 1. The fourth-order valence-corrected chi connectivity index (χ4v) is 4.97. The summed E-state index contributed by atoms with van der Waals surface area (Å²) in [6.07, 6.45) is 2.41. The van der Waals surface area contributed by atoms with E-state index in [0.717, 1.165) is 23.8 Å². The van der Waals surface area contributed by atoms with Crippen molar-refractivity contribution in [2.45, 2.75) is 72.0 Å². The summed E-state index contributed by atoms with van der Waals surface area (Å²) >= 11 is 6.13. The SMILES string of the molecule is CCc1ccc(N(CCCC(=O)N(Cc2cccc(Cl)c2)C(C)C(=O)NC(C)(C)C)S(C)(=O)=O)cc1. The molecule has 7 nitrogen and oxygen atoms in total. The van der Waals surface area contributed by atoms with E-state index in [1.54, 1.807) is 37.3 Å². The van der Waals surface area contributed by atoms with Crippen molar-refractivity contribution in [1.29, 1.82) is 0 Å². The van der Waals surface area contributed by atoms with Crippen molar-refractivity contribution >= 4 is 39.1 Å². The highest BCUT2D eigenvalue weighted by atomic mass is 35.5. The minimum absolute atomic E-state index is 0.0900. The van der Waals surface area contributed by atoms with E-state index in [4.69, 9.17) is 11.6 Å². The molecule has 0 spiro atoms. The molecule has 36 heavy (non-hydrogen) atoms. The smallest absolute Gasteiger partial charge is 0.242 e. The maximum absolute atomic E-state index is 13.3. The summed E-state index contributed by atoms with van der Waals surface area (Å²) in [4.78, 5) is 27.8. The van der Waals surface area contributed by atoms with Crippen LogP contribution in [0.25, 0.3) is 0 Å². The Morgan fingerprint density at radius 3 is 2.22 bits per heavy atom. The van der Waals surface area contributed by atoms with E-state index in [1.165, 1.54) is 9.21 Å². The van der Waals surface area contributed by atoms with E-state index >= 15 is 0 Å². The minimum Gasteiger partial charge on any atom is -0.350 e. The van der Waals surface area contributed by atoms with Gasteiger partial charge in [-0.25, -0.2) is 8.42 Å². The van der Waals surface area contributed by atoms with E-state index < -0.39 is 21.6 Å². The van der Waals surface area contributed by atoms with Crippen LogP contribution in [0, 0.1) is 0 Å². The van der Waals surface area contributed by atoms with E-state index in [2.05, 4.69) is 5.32 Å². The van der Waals surface area contributed by atoms with Gasteiger partial charge in [-0.05, 0) is 75.9 Å². The first-order valence-electron chi connectivity index (χ1n) is 12.1. The zero-order valence-corrected chi connectivity index (χ0v) is 23.6. The molecule has 0 saturated heterocycles. The second-order valence-electron chi connectivity index (χ2n) is 10.0. The third-order valence-electron chi connectivity index (χ3n) is 5.69. The van der Waals surface area contributed by atoms with Crippen LogP contribution in [0.2, 0.25) is 5.02 Å². The average molecular weight is 536 g/mol. The molecule has 0 saturated carbocycles. The molecule has 198 valence electrons. The van der Waals surface area contributed by atoms with Crippen molar-refractivity contribution in [2.24, 2.45) is 0 Å². The number of anilines is 1. The van der Waals surface area contributed by atoms with Crippen molar-refractivity contribution in [3.63, 3.8) is 0 Å². The summed E-state index contributed by atoms with van der Waals surface area (Å²) in [5.41, 5.74) is 2.04. The Kier molecular flexibility index (Phi) is 10.4. The van der Waals surface area contributed by atoms with E-state index in [9.17, 15) is 18.0 Å². The molecule has 1 atom stereocenters. The third-order valence-corrected chi connectivity index (χ3v) is 7.12. The lowest BCUT2D eigenvalue weighted by Gasteiger charge is -2.32. The third kappa shape index (κ3) is 9.13. The number of carbonyl (C=O) groups is 2. The van der Waals surface area contributed by atoms with Gasteiger partial charge in [-0.1, -0.05) is 42.8 Å². The number of hydrogen-bond donors (Lipinski definition) is 1. The number of benzene rings is 2. The Labute approximate surface area is 220 Å². The molecule has 0 radical (unpaired) electrons. The molecule has 0 heterocycles. The number of hydrogen-bond acceptors (Lipinski definition) is 4. The number of rotatable bonds is 11. The van der Waals surface area contributed by atoms with Crippen LogP contribution in [-0.4, -0.2) is 49.5 Å². The molecule has 0 aliphatic heterocycles. The van der Waals surface area contributed by atoms with E-state index in [0.29, 0.717) is 17.1 Å². The first kappa shape index (κ1) is 29.6. The molecule has 0 fully saturated rings. The predicted octanol–water partition coefficient (Wildman–Crippen LogP) is 4.78. The second-order valence-corrected chi connectivity index (χ2v) is 12.4. The number of sulfonamides is 1. The molecule has 2 amide bonds. The Balaban J connectivity index is 2.18. The highest BCUT2D eigenvalue weighted by Crippen LogP contribution is 2.21. The minimum atomic E-state index is -3.53. The van der Waals surface area contributed by atoms with Crippen LogP contribution in [0.3, 0.4) is 0 Å². The van der Waals surface area contributed by atoms with Gasteiger partial charge >= 0.3 is 0 Å². The van der Waals surface area contributed by atoms with Crippen molar-refractivity contribution in [2.75, 3.05) is 17.1 Å². The molecule has 2 rings (SSSR count).